The molecule has 2 N–H and O–H groups in total. The van der Waals surface area contributed by atoms with Crippen molar-refractivity contribution in [1.82, 2.24) is 0 Å². The van der Waals surface area contributed by atoms with Crippen LogP contribution in [0.3, 0.4) is 0 Å². The van der Waals surface area contributed by atoms with Gasteiger partial charge in [0.2, 0.25) is 0 Å². The number of aliphatic hydroxyl groups excluding tert-OH is 2. The molecule has 4 aliphatic rings. The van der Waals surface area contributed by atoms with Gasteiger partial charge in [-0.1, -0.05) is 51.2 Å². The van der Waals surface area contributed by atoms with Crippen molar-refractivity contribution in [3.05, 3.63) is 29.3 Å². The maximum Gasteiger partial charge on any atom is 0.344 e. The summed E-state index contributed by atoms with van der Waals surface area (Å²) in [7, 11) is 0. The number of rotatable bonds is 10. The van der Waals surface area contributed by atoms with E-state index in [-0.39, 0.29) is 36.3 Å². The minimum Gasteiger partial charge on any atom is -0.482 e. The molecule has 0 amide bonds. The second kappa shape index (κ2) is 11.4. The van der Waals surface area contributed by atoms with Gasteiger partial charge in [0.05, 0.1) is 12.2 Å². The minimum absolute atomic E-state index is 0.00648. The van der Waals surface area contributed by atoms with Crippen molar-refractivity contribution in [3.8, 4) is 5.75 Å². The highest BCUT2D eigenvalue weighted by Gasteiger charge is 2.68. The molecule has 0 bridgehead atoms. The monoisotopic (exact) mass is 498 g/mol. The molecule has 5 nitrogen and oxygen atoms in total. The highest BCUT2D eigenvalue weighted by molar-refractivity contribution is 5.71. The first-order chi connectivity index (χ1) is 17.5. The minimum atomic E-state index is -0.270. The van der Waals surface area contributed by atoms with E-state index in [9.17, 15) is 15.0 Å². The van der Waals surface area contributed by atoms with Crippen molar-refractivity contribution < 1.29 is 24.5 Å². The van der Waals surface area contributed by atoms with Gasteiger partial charge < -0.3 is 19.7 Å². The van der Waals surface area contributed by atoms with Crippen LogP contribution in [0.4, 0.5) is 0 Å². The third kappa shape index (κ3) is 5.48. The molecule has 3 saturated carbocycles. The highest BCUT2D eigenvalue weighted by atomic mass is 16.6. The molecular weight excluding hydrogens is 452 g/mol. The summed E-state index contributed by atoms with van der Waals surface area (Å²) in [4.78, 5) is 12.5. The van der Waals surface area contributed by atoms with Crippen molar-refractivity contribution in [3.63, 3.8) is 0 Å². The van der Waals surface area contributed by atoms with Gasteiger partial charge in [-0.05, 0) is 99.2 Å². The number of hydrogen-bond acceptors (Lipinski definition) is 5. The molecule has 1 spiro atoms. The Bertz CT molecular complexity index is 891. The lowest BCUT2D eigenvalue weighted by atomic mass is 9.72. The van der Waals surface area contributed by atoms with Crippen molar-refractivity contribution in [2.24, 2.45) is 23.2 Å². The zero-order valence-corrected chi connectivity index (χ0v) is 22.1. The van der Waals surface area contributed by atoms with Crippen LogP contribution in [0.2, 0.25) is 0 Å². The van der Waals surface area contributed by atoms with Gasteiger partial charge in [-0.15, -0.1) is 0 Å². The summed E-state index contributed by atoms with van der Waals surface area (Å²) in [6.07, 6.45) is 15.2. The third-order valence-electron chi connectivity index (χ3n) is 9.89. The van der Waals surface area contributed by atoms with Crippen LogP contribution in [0.15, 0.2) is 18.2 Å². The van der Waals surface area contributed by atoms with Gasteiger partial charge in [0.25, 0.3) is 0 Å². The number of carbonyl (C=O) groups is 1. The molecule has 4 aliphatic carbocycles. The summed E-state index contributed by atoms with van der Waals surface area (Å²) in [5.41, 5.74) is 2.50. The van der Waals surface area contributed by atoms with Crippen LogP contribution < -0.4 is 4.74 Å². The number of aliphatic hydroxyl groups is 2. The second-order valence-electron chi connectivity index (χ2n) is 12.2. The largest absolute Gasteiger partial charge is 0.482 e. The molecule has 3 fully saturated rings. The Hall–Kier alpha value is -1.59. The number of ether oxygens (including phenoxy) is 2. The Morgan fingerprint density at radius 3 is 2.72 bits per heavy atom. The fourth-order valence-corrected chi connectivity index (χ4v) is 7.93. The molecule has 0 saturated heterocycles. The van der Waals surface area contributed by atoms with Crippen LogP contribution in [-0.4, -0.2) is 41.1 Å². The molecule has 200 valence electrons. The fourth-order valence-electron chi connectivity index (χ4n) is 7.93. The molecule has 0 heterocycles. The Morgan fingerprint density at radius 1 is 1.14 bits per heavy atom. The molecule has 0 aromatic heterocycles. The van der Waals surface area contributed by atoms with Gasteiger partial charge in [0.15, 0.2) is 6.61 Å². The highest BCUT2D eigenvalue weighted by Crippen LogP contribution is 2.70. The van der Waals surface area contributed by atoms with Crippen LogP contribution >= 0.6 is 0 Å². The molecule has 1 unspecified atom stereocenters. The summed E-state index contributed by atoms with van der Waals surface area (Å²) < 4.78 is 11.7. The first-order valence-electron chi connectivity index (χ1n) is 14.8. The zero-order chi connectivity index (χ0) is 25.1. The second-order valence-corrected chi connectivity index (χ2v) is 12.2. The van der Waals surface area contributed by atoms with Gasteiger partial charge in [-0.3, -0.25) is 0 Å². The van der Waals surface area contributed by atoms with Gasteiger partial charge in [0.1, 0.15) is 11.9 Å². The maximum absolute atomic E-state index is 12.5. The van der Waals surface area contributed by atoms with Crippen molar-refractivity contribution >= 4 is 5.97 Å². The van der Waals surface area contributed by atoms with E-state index in [4.69, 9.17) is 9.47 Å². The van der Waals surface area contributed by atoms with Gasteiger partial charge in [-0.2, -0.15) is 0 Å². The van der Waals surface area contributed by atoms with Crippen LogP contribution in [0.1, 0.15) is 102 Å². The van der Waals surface area contributed by atoms with Crippen LogP contribution in [-0.2, 0) is 22.4 Å². The molecular formula is C31H46O5. The normalized spacial score (nSPS) is 32.4. The summed E-state index contributed by atoms with van der Waals surface area (Å²) in [5.74, 6) is 1.90. The number of unbranched alkanes of at least 4 members (excludes halogenated alkanes) is 2. The van der Waals surface area contributed by atoms with E-state index in [1.165, 1.54) is 36.8 Å². The molecule has 6 atom stereocenters. The van der Waals surface area contributed by atoms with Gasteiger partial charge in [0, 0.05) is 5.41 Å². The first kappa shape index (κ1) is 26.0. The average Bonchev–Trinajstić information content (AvgIpc) is 3.57. The number of esters is 1. The molecule has 0 radical (unpaired) electrons. The Morgan fingerprint density at radius 2 is 1.94 bits per heavy atom. The van der Waals surface area contributed by atoms with Crippen LogP contribution in [0.5, 0.6) is 5.75 Å². The fraction of sp³-hybridized carbons (Fsp3) is 0.774. The van der Waals surface area contributed by atoms with Crippen molar-refractivity contribution in [2.45, 2.75) is 122 Å². The molecule has 5 heteroatoms. The lowest BCUT2D eigenvalue weighted by molar-refractivity contribution is -0.152. The maximum atomic E-state index is 12.5. The SMILES string of the molecule is CCCCC[C@H](O)C[C@@H]1CC12[C@H](O)C[C@@H]1Cc3c(cccc3OCC(=O)OC3CCCCCC3)C[C@@H]12. The molecule has 5 rings (SSSR count). The van der Waals surface area contributed by atoms with E-state index in [1.807, 2.05) is 12.1 Å². The molecule has 36 heavy (non-hydrogen) atoms. The number of hydrogen-bond donors (Lipinski definition) is 2. The summed E-state index contributed by atoms with van der Waals surface area (Å²) in [6, 6.07) is 6.20. The molecule has 0 aliphatic heterocycles. The predicted molar refractivity (Wildman–Crippen MR) is 140 cm³/mol. The quantitative estimate of drug-likeness (QED) is 0.243. The van der Waals surface area contributed by atoms with E-state index >= 15 is 0 Å². The number of carbonyl (C=O) groups excluding carboxylic acids is 1. The van der Waals surface area contributed by atoms with Crippen LogP contribution in [0.25, 0.3) is 0 Å². The number of benzene rings is 1. The van der Waals surface area contributed by atoms with Crippen LogP contribution in [0, 0.1) is 23.2 Å². The lowest BCUT2D eigenvalue weighted by Crippen LogP contribution is -2.30. The van der Waals surface area contributed by atoms with E-state index in [0.29, 0.717) is 17.8 Å². The standard InChI is InChI=1S/C31H46O5/c1-2-3-6-11-24(32)18-23-19-31(23)27-16-21-10-9-14-28(26(21)15-22(27)17-29(31)33)35-20-30(34)36-25-12-7-4-5-8-13-25/h9-10,14,22-25,27,29,32-33H,2-8,11-13,15-20H2,1H3/t22-,23+,24-,27-,29+,31?/m0/s1. The first-order valence-corrected chi connectivity index (χ1v) is 14.8. The summed E-state index contributed by atoms with van der Waals surface area (Å²) >= 11 is 0. The van der Waals surface area contributed by atoms with E-state index in [0.717, 1.165) is 76.4 Å². The lowest BCUT2D eigenvalue weighted by Gasteiger charge is -2.33. The molecule has 1 aromatic carbocycles. The summed E-state index contributed by atoms with van der Waals surface area (Å²) in [6.45, 7) is 2.16. The zero-order valence-electron chi connectivity index (χ0n) is 22.1. The molecule has 1 aromatic rings. The smallest absolute Gasteiger partial charge is 0.344 e. The van der Waals surface area contributed by atoms with E-state index in [2.05, 4.69) is 13.0 Å². The Labute approximate surface area is 217 Å². The van der Waals surface area contributed by atoms with Gasteiger partial charge in [-0.25, -0.2) is 4.79 Å². The predicted octanol–water partition coefficient (Wildman–Crippen LogP) is 5.76. The number of fused-ring (bicyclic) bond motifs is 3. The van der Waals surface area contributed by atoms with Crippen molar-refractivity contribution in [1.29, 1.82) is 0 Å². The van der Waals surface area contributed by atoms with E-state index < -0.39 is 0 Å². The summed E-state index contributed by atoms with van der Waals surface area (Å²) in [5, 5.41) is 21.8. The van der Waals surface area contributed by atoms with E-state index in [1.54, 1.807) is 0 Å². The Balaban J connectivity index is 1.19. The third-order valence-corrected chi connectivity index (χ3v) is 9.89. The average molecular weight is 499 g/mol. The van der Waals surface area contributed by atoms with Gasteiger partial charge >= 0.3 is 5.97 Å². The Kier molecular flexibility index (Phi) is 8.27. The topological polar surface area (TPSA) is 76.0 Å². The van der Waals surface area contributed by atoms with Crippen molar-refractivity contribution in [2.75, 3.05) is 6.61 Å².